The van der Waals surface area contributed by atoms with Crippen molar-refractivity contribution in [2.24, 2.45) is 16.7 Å². The van der Waals surface area contributed by atoms with Crippen molar-refractivity contribution in [2.75, 3.05) is 18.8 Å². The highest BCUT2D eigenvalue weighted by Gasteiger charge is 2.65. The van der Waals surface area contributed by atoms with Crippen LogP contribution in [0.25, 0.3) is 0 Å². The Morgan fingerprint density at radius 3 is 2.78 bits per heavy atom. The third kappa shape index (κ3) is 3.06. The first kappa shape index (κ1) is 18.8. The van der Waals surface area contributed by atoms with Gasteiger partial charge in [-0.2, -0.15) is 9.40 Å². The molecule has 0 N–H and O–H groups in total. The van der Waals surface area contributed by atoms with E-state index in [4.69, 9.17) is 4.74 Å². The van der Waals surface area contributed by atoms with Crippen LogP contribution in [0.2, 0.25) is 0 Å². The van der Waals surface area contributed by atoms with E-state index < -0.39 is 15.4 Å². The van der Waals surface area contributed by atoms with Gasteiger partial charge >= 0.3 is 0 Å². The number of ether oxygens (including phenoxy) is 1. The van der Waals surface area contributed by atoms with Crippen LogP contribution in [0.5, 0.6) is 5.88 Å². The normalized spacial score (nSPS) is 33.3. The molecule has 1 aromatic heterocycles. The van der Waals surface area contributed by atoms with E-state index in [0.29, 0.717) is 37.7 Å². The van der Waals surface area contributed by atoms with E-state index >= 15 is 0 Å². The summed E-state index contributed by atoms with van der Waals surface area (Å²) in [7, 11) is -3.54. The highest BCUT2D eigenvalue weighted by molar-refractivity contribution is 7.89. The Hall–Kier alpha value is -1.54. The number of carbonyl (C=O) groups is 1. The molecule has 3 unspecified atom stereocenters. The second-order valence-electron chi connectivity index (χ2n) is 8.72. The van der Waals surface area contributed by atoms with Crippen LogP contribution in [0.15, 0.2) is 18.3 Å². The van der Waals surface area contributed by atoms with Crippen LogP contribution in [0.1, 0.15) is 46.0 Å². The molecule has 3 fully saturated rings. The van der Waals surface area contributed by atoms with Gasteiger partial charge in [0.05, 0.1) is 12.3 Å². The van der Waals surface area contributed by atoms with E-state index in [9.17, 15) is 13.2 Å². The van der Waals surface area contributed by atoms with E-state index in [2.05, 4.69) is 24.0 Å². The van der Waals surface area contributed by atoms with Crippen LogP contribution in [0.4, 0.5) is 0 Å². The minimum atomic E-state index is -3.54. The number of fused-ring (bicyclic) bond motifs is 2. The maximum Gasteiger partial charge on any atom is 0.233 e. The molecule has 1 aromatic rings. The maximum atomic E-state index is 13.2. The average molecular weight is 394 g/mol. The van der Waals surface area contributed by atoms with Crippen LogP contribution in [-0.4, -0.2) is 53.6 Å². The molecule has 7 nitrogen and oxygen atoms in total. The van der Waals surface area contributed by atoms with Crippen molar-refractivity contribution in [1.82, 2.24) is 14.5 Å². The molecule has 0 spiro atoms. The summed E-state index contributed by atoms with van der Waals surface area (Å²) < 4.78 is 33.8. The molecule has 2 aliphatic carbocycles. The minimum Gasteiger partial charge on any atom is -0.472 e. The van der Waals surface area contributed by atoms with Crippen molar-refractivity contribution in [3.63, 3.8) is 0 Å². The minimum absolute atomic E-state index is 0.0693. The number of ketones is 1. The fraction of sp³-hybridized carbons (Fsp3) is 0.737. The zero-order valence-corrected chi connectivity index (χ0v) is 16.7. The van der Waals surface area contributed by atoms with Gasteiger partial charge in [0, 0.05) is 30.6 Å². The summed E-state index contributed by atoms with van der Waals surface area (Å²) in [5, 5.41) is 7.71. The molecular weight excluding hydrogens is 366 g/mol. The molecule has 1 aliphatic heterocycles. The molecule has 148 valence electrons. The summed E-state index contributed by atoms with van der Waals surface area (Å²) in [6.07, 6.45) is 5.01. The summed E-state index contributed by atoms with van der Waals surface area (Å²) in [6.45, 7) is 4.92. The molecule has 4 rings (SSSR count). The SMILES string of the molecule is CC1(C)C2CCC1(CS(=O)(=O)N1CCCC(Oc3cccnn3)C1)C(=O)C2. The fourth-order valence-electron chi connectivity index (χ4n) is 5.29. The van der Waals surface area contributed by atoms with Crippen molar-refractivity contribution < 1.29 is 17.9 Å². The number of rotatable bonds is 5. The van der Waals surface area contributed by atoms with Gasteiger partial charge in [0.2, 0.25) is 15.9 Å². The highest BCUT2D eigenvalue weighted by atomic mass is 32.2. The molecule has 2 bridgehead atoms. The Kier molecular flexibility index (Phi) is 4.54. The lowest BCUT2D eigenvalue weighted by Gasteiger charge is -2.39. The Balaban J connectivity index is 1.49. The maximum absolute atomic E-state index is 13.2. The standard InChI is InChI=1S/C19H27N3O4S/c1-18(2)14-7-8-19(18,16(23)11-14)13-27(24,25)22-10-4-5-15(12-22)26-17-6-3-9-20-21-17/h3,6,9,14-15H,4-5,7-8,10-13H2,1-2H3. The van der Waals surface area contributed by atoms with Gasteiger partial charge in [-0.1, -0.05) is 13.8 Å². The summed E-state index contributed by atoms with van der Waals surface area (Å²) >= 11 is 0. The lowest BCUT2D eigenvalue weighted by Crippen LogP contribution is -2.50. The first-order valence-corrected chi connectivity index (χ1v) is 11.3. The van der Waals surface area contributed by atoms with Gasteiger partial charge in [-0.25, -0.2) is 8.42 Å². The van der Waals surface area contributed by atoms with E-state index in [1.807, 2.05) is 0 Å². The molecule has 0 radical (unpaired) electrons. The van der Waals surface area contributed by atoms with Gasteiger partial charge in [0.15, 0.2) is 0 Å². The number of carbonyl (C=O) groups excluding carboxylic acids is 1. The summed E-state index contributed by atoms with van der Waals surface area (Å²) in [6, 6.07) is 3.46. The lowest BCUT2D eigenvalue weighted by molar-refractivity contribution is -0.128. The smallest absolute Gasteiger partial charge is 0.233 e. The van der Waals surface area contributed by atoms with Crippen LogP contribution in [-0.2, 0) is 14.8 Å². The topological polar surface area (TPSA) is 89.5 Å². The number of piperidine rings is 1. The first-order chi connectivity index (χ1) is 12.7. The van der Waals surface area contributed by atoms with Gasteiger partial charge in [-0.15, -0.1) is 5.10 Å². The predicted molar refractivity (Wildman–Crippen MR) is 99.6 cm³/mol. The summed E-state index contributed by atoms with van der Waals surface area (Å²) in [5.41, 5.74) is -0.975. The van der Waals surface area contributed by atoms with Crippen LogP contribution in [0, 0.1) is 16.7 Å². The highest BCUT2D eigenvalue weighted by Crippen LogP contribution is 2.64. The second kappa shape index (κ2) is 6.51. The Labute approximate surface area is 160 Å². The van der Waals surface area contributed by atoms with Crippen LogP contribution >= 0.6 is 0 Å². The molecule has 2 saturated carbocycles. The fourth-order valence-corrected chi connectivity index (χ4v) is 7.57. The van der Waals surface area contributed by atoms with E-state index in [1.165, 1.54) is 4.31 Å². The second-order valence-corrected chi connectivity index (χ2v) is 10.7. The number of aromatic nitrogens is 2. The first-order valence-electron chi connectivity index (χ1n) is 9.70. The molecule has 8 heteroatoms. The van der Waals surface area contributed by atoms with Crippen LogP contribution in [0.3, 0.4) is 0 Å². The number of sulfonamides is 1. The molecule has 3 aliphatic rings. The predicted octanol–water partition coefficient (Wildman–Crippen LogP) is 2.04. The van der Waals surface area contributed by atoms with Gasteiger partial charge in [-0.05, 0) is 43.1 Å². The average Bonchev–Trinajstić information content (AvgIpc) is 2.97. The molecule has 0 amide bonds. The van der Waals surface area contributed by atoms with Crippen molar-refractivity contribution >= 4 is 15.8 Å². The number of hydrogen-bond acceptors (Lipinski definition) is 6. The van der Waals surface area contributed by atoms with E-state index in [0.717, 1.165) is 19.3 Å². The molecular formula is C19H27N3O4S. The molecule has 0 aromatic carbocycles. The Morgan fingerprint density at radius 2 is 2.15 bits per heavy atom. The Morgan fingerprint density at radius 1 is 1.33 bits per heavy atom. The molecule has 2 heterocycles. The monoisotopic (exact) mass is 393 g/mol. The zero-order valence-electron chi connectivity index (χ0n) is 15.9. The lowest BCUT2D eigenvalue weighted by atomic mass is 9.70. The van der Waals surface area contributed by atoms with Gasteiger partial charge in [-0.3, -0.25) is 4.79 Å². The summed E-state index contributed by atoms with van der Waals surface area (Å²) in [5.74, 6) is 0.789. The largest absolute Gasteiger partial charge is 0.472 e. The third-order valence-electron chi connectivity index (χ3n) is 7.14. The third-order valence-corrected chi connectivity index (χ3v) is 9.11. The molecule has 3 atom stereocenters. The van der Waals surface area contributed by atoms with Crippen molar-refractivity contribution in [1.29, 1.82) is 0 Å². The summed E-state index contributed by atoms with van der Waals surface area (Å²) in [4.78, 5) is 12.7. The van der Waals surface area contributed by atoms with Gasteiger partial charge in [0.1, 0.15) is 11.9 Å². The molecule has 27 heavy (non-hydrogen) atoms. The number of hydrogen-bond donors (Lipinski definition) is 0. The number of nitrogens with zero attached hydrogens (tertiary/aromatic N) is 3. The van der Waals surface area contributed by atoms with E-state index in [-0.39, 0.29) is 23.1 Å². The van der Waals surface area contributed by atoms with Crippen LogP contribution < -0.4 is 4.74 Å². The Bertz CT molecular complexity index is 827. The zero-order chi connectivity index (χ0) is 19.3. The molecule has 1 saturated heterocycles. The number of Topliss-reactive ketones (excluding diaryl/α,β-unsaturated/α-hetero) is 1. The van der Waals surface area contributed by atoms with Crippen molar-refractivity contribution in [3.05, 3.63) is 18.3 Å². The van der Waals surface area contributed by atoms with Gasteiger partial charge < -0.3 is 4.74 Å². The van der Waals surface area contributed by atoms with Crippen molar-refractivity contribution in [3.8, 4) is 5.88 Å². The van der Waals surface area contributed by atoms with E-state index in [1.54, 1.807) is 18.3 Å². The quantitative estimate of drug-likeness (QED) is 0.761. The van der Waals surface area contributed by atoms with Gasteiger partial charge in [0.25, 0.3) is 0 Å². The van der Waals surface area contributed by atoms with Crippen molar-refractivity contribution in [2.45, 2.75) is 52.1 Å².